The summed E-state index contributed by atoms with van der Waals surface area (Å²) in [7, 11) is 0. The molecule has 3 aromatic carbocycles. The van der Waals surface area contributed by atoms with Gasteiger partial charge in [-0.15, -0.1) is 0 Å². The number of halogens is 2. The summed E-state index contributed by atoms with van der Waals surface area (Å²) in [4.78, 5) is 19.2. The molecule has 0 saturated carbocycles. The van der Waals surface area contributed by atoms with Crippen LogP contribution in [0.2, 0.25) is 0 Å². The van der Waals surface area contributed by atoms with Crippen LogP contribution in [0.5, 0.6) is 5.75 Å². The molecule has 1 heterocycles. The predicted molar refractivity (Wildman–Crippen MR) is 131 cm³/mol. The van der Waals surface area contributed by atoms with Gasteiger partial charge in [-0.2, -0.15) is 10.4 Å². The third kappa shape index (κ3) is 5.54. The average Bonchev–Trinajstić information content (AvgIpc) is 2.85. The Labute approximate surface area is 202 Å². The van der Waals surface area contributed by atoms with Crippen LogP contribution in [0.25, 0.3) is 11.3 Å². The molecule has 2 N–H and O–H groups in total. The summed E-state index contributed by atoms with van der Waals surface area (Å²) in [6.07, 6.45) is 1.52. The number of aromatic amines is 1. The third-order valence-corrected chi connectivity index (χ3v) is 5.23. The molecule has 1 aromatic heterocycles. The van der Waals surface area contributed by atoms with E-state index < -0.39 is 5.56 Å². The second-order valence-corrected chi connectivity index (χ2v) is 8.00. The minimum atomic E-state index is -0.570. The number of aromatic nitrogens is 2. The highest BCUT2D eigenvalue weighted by Crippen LogP contribution is 2.23. The van der Waals surface area contributed by atoms with Crippen molar-refractivity contribution in [3.8, 4) is 23.1 Å². The second-order valence-electron chi connectivity index (χ2n) is 7.08. The van der Waals surface area contributed by atoms with Crippen LogP contribution in [0.4, 0.5) is 10.3 Å². The topological polar surface area (TPSA) is 103 Å². The van der Waals surface area contributed by atoms with Gasteiger partial charge in [0.1, 0.15) is 29.8 Å². The Bertz CT molecular complexity index is 1430. The molecule has 0 amide bonds. The molecule has 168 valence electrons. The van der Waals surface area contributed by atoms with Crippen LogP contribution in [-0.2, 0) is 6.61 Å². The lowest BCUT2D eigenvalue weighted by atomic mass is 10.1. The molecule has 0 fully saturated rings. The summed E-state index contributed by atoms with van der Waals surface area (Å²) in [5, 5.41) is 13.6. The fourth-order valence-electron chi connectivity index (χ4n) is 3.09. The largest absolute Gasteiger partial charge is 0.488 e. The summed E-state index contributed by atoms with van der Waals surface area (Å²) in [6.45, 7) is 0.251. The zero-order chi connectivity index (χ0) is 23.9. The Balaban J connectivity index is 1.55. The summed E-state index contributed by atoms with van der Waals surface area (Å²) in [5.74, 6) is 0.336. The van der Waals surface area contributed by atoms with Gasteiger partial charge in [0.05, 0.1) is 11.9 Å². The van der Waals surface area contributed by atoms with E-state index in [-0.39, 0.29) is 29.6 Å². The van der Waals surface area contributed by atoms with E-state index in [1.807, 2.05) is 24.3 Å². The van der Waals surface area contributed by atoms with Gasteiger partial charge in [0, 0.05) is 15.6 Å². The smallest absolute Gasteiger partial charge is 0.270 e. The van der Waals surface area contributed by atoms with E-state index in [1.54, 1.807) is 42.5 Å². The van der Waals surface area contributed by atoms with Gasteiger partial charge in [0.15, 0.2) is 0 Å². The van der Waals surface area contributed by atoms with E-state index in [2.05, 4.69) is 36.4 Å². The van der Waals surface area contributed by atoms with Crippen molar-refractivity contribution in [3.63, 3.8) is 0 Å². The molecular formula is C25H17BrFN5O2. The number of ether oxygens (including phenoxy) is 1. The van der Waals surface area contributed by atoms with Gasteiger partial charge in [-0.25, -0.2) is 14.8 Å². The van der Waals surface area contributed by atoms with Crippen molar-refractivity contribution in [1.82, 2.24) is 9.97 Å². The molecule has 0 aliphatic carbocycles. The Morgan fingerprint density at radius 3 is 2.65 bits per heavy atom. The number of benzene rings is 3. The maximum atomic E-state index is 13.1. The molecule has 0 saturated heterocycles. The number of rotatable bonds is 7. The molecule has 0 spiro atoms. The summed E-state index contributed by atoms with van der Waals surface area (Å²) in [6, 6.07) is 22.3. The van der Waals surface area contributed by atoms with Gasteiger partial charge in [-0.3, -0.25) is 9.78 Å². The molecule has 0 aliphatic rings. The van der Waals surface area contributed by atoms with Gasteiger partial charge >= 0.3 is 0 Å². The van der Waals surface area contributed by atoms with Crippen LogP contribution in [0, 0.1) is 17.1 Å². The zero-order valence-electron chi connectivity index (χ0n) is 17.6. The first-order valence-corrected chi connectivity index (χ1v) is 10.9. The number of nitrogens with zero attached hydrogens (tertiary/aromatic N) is 3. The highest BCUT2D eigenvalue weighted by atomic mass is 79.9. The second kappa shape index (κ2) is 10.6. The fraction of sp³-hybridized carbons (Fsp3) is 0.0400. The highest BCUT2D eigenvalue weighted by Gasteiger charge is 2.13. The number of hydrogen-bond donors (Lipinski definition) is 2. The van der Waals surface area contributed by atoms with Crippen LogP contribution in [0.15, 0.2) is 87.2 Å². The Morgan fingerprint density at radius 2 is 1.91 bits per heavy atom. The maximum Gasteiger partial charge on any atom is 0.270 e. The van der Waals surface area contributed by atoms with Crippen LogP contribution >= 0.6 is 15.9 Å². The minimum Gasteiger partial charge on any atom is -0.488 e. The number of hydrazone groups is 1. The van der Waals surface area contributed by atoms with E-state index >= 15 is 0 Å². The van der Waals surface area contributed by atoms with Crippen molar-refractivity contribution in [2.75, 3.05) is 5.43 Å². The molecule has 4 rings (SSSR count). The standard InChI is InChI=1S/C25H17BrFN5O2/c26-19-8-11-22(34-15-16-6-9-20(27)10-7-16)18(12-19)14-29-32-25-30-23(17-4-2-1-3-5-17)21(13-28)24(33)31-25/h1-12,14H,15H2,(H2,30,31,32,33). The van der Waals surface area contributed by atoms with E-state index in [0.29, 0.717) is 16.9 Å². The van der Waals surface area contributed by atoms with Crippen molar-refractivity contribution in [1.29, 1.82) is 5.26 Å². The first kappa shape index (κ1) is 22.9. The Kier molecular flexibility index (Phi) is 7.10. The molecule has 4 aromatic rings. The Hall–Kier alpha value is -4.29. The normalized spacial score (nSPS) is 10.7. The predicted octanol–water partition coefficient (Wildman–Crippen LogP) is 5.24. The maximum absolute atomic E-state index is 13.1. The molecule has 0 aliphatic heterocycles. The monoisotopic (exact) mass is 517 g/mol. The molecular weight excluding hydrogens is 501 g/mol. The highest BCUT2D eigenvalue weighted by molar-refractivity contribution is 9.10. The summed E-state index contributed by atoms with van der Waals surface area (Å²) >= 11 is 3.43. The van der Waals surface area contributed by atoms with Crippen molar-refractivity contribution in [2.24, 2.45) is 5.10 Å². The molecule has 0 bridgehead atoms. The molecule has 9 heteroatoms. The van der Waals surface area contributed by atoms with Crippen molar-refractivity contribution in [2.45, 2.75) is 6.61 Å². The van der Waals surface area contributed by atoms with Crippen LogP contribution in [0.1, 0.15) is 16.7 Å². The van der Waals surface area contributed by atoms with Gasteiger partial charge < -0.3 is 4.74 Å². The lowest BCUT2D eigenvalue weighted by Crippen LogP contribution is -2.16. The minimum absolute atomic E-state index is 0.0794. The molecule has 7 nitrogen and oxygen atoms in total. The van der Waals surface area contributed by atoms with Crippen molar-refractivity contribution < 1.29 is 9.13 Å². The number of nitrogens with one attached hydrogen (secondary N) is 2. The van der Waals surface area contributed by atoms with Gasteiger partial charge in [0.2, 0.25) is 5.95 Å². The number of anilines is 1. The SMILES string of the molecule is N#Cc1c(-c2ccccc2)nc(NN=Cc2cc(Br)ccc2OCc2ccc(F)cc2)[nH]c1=O. The Morgan fingerprint density at radius 1 is 1.15 bits per heavy atom. The molecule has 0 radical (unpaired) electrons. The van der Waals surface area contributed by atoms with Crippen molar-refractivity contribution >= 4 is 28.1 Å². The molecule has 0 atom stereocenters. The zero-order valence-corrected chi connectivity index (χ0v) is 19.2. The molecule has 0 unspecified atom stereocenters. The van der Waals surface area contributed by atoms with Crippen LogP contribution in [-0.4, -0.2) is 16.2 Å². The number of hydrogen-bond acceptors (Lipinski definition) is 6. The van der Waals surface area contributed by atoms with Crippen LogP contribution in [0.3, 0.4) is 0 Å². The van der Waals surface area contributed by atoms with E-state index in [4.69, 9.17) is 4.74 Å². The quantitative estimate of drug-likeness (QED) is 0.258. The first-order valence-electron chi connectivity index (χ1n) is 10.1. The van der Waals surface area contributed by atoms with E-state index in [9.17, 15) is 14.4 Å². The number of H-pyrrole nitrogens is 1. The van der Waals surface area contributed by atoms with Crippen LogP contribution < -0.4 is 15.7 Å². The summed E-state index contributed by atoms with van der Waals surface area (Å²) in [5.41, 5.74) is 4.43. The lowest BCUT2D eigenvalue weighted by molar-refractivity contribution is 0.305. The third-order valence-electron chi connectivity index (χ3n) is 4.73. The van der Waals surface area contributed by atoms with Gasteiger partial charge in [-0.1, -0.05) is 58.4 Å². The van der Waals surface area contributed by atoms with E-state index in [1.165, 1.54) is 18.3 Å². The lowest BCUT2D eigenvalue weighted by Gasteiger charge is -2.10. The van der Waals surface area contributed by atoms with Gasteiger partial charge in [-0.05, 0) is 35.9 Å². The number of nitriles is 1. The fourth-order valence-corrected chi connectivity index (χ4v) is 3.47. The van der Waals surface area contributed by atoms with Crippen molar-refractivity contribution in [3.05, 3.63) is 110 Å². The first-order chi connectivity index (χ1) is 16.5. The van der Waals surface area contributed by atoms with Gasteiger partial charge in [0.25, 0.3) is 5.56 Å². The summed E-state index contributed by atoms with van der Waals surface area (Å²) < 4.78 is 19.8. The average molecular weight is 518 g/mol. The molecule has 34 heavy (non-hydrogen) atoms. The van der Waals surface area contributed by atoms with E-state index in [0.717, 1.165) is 10.0 Å².